The van der Waals surface area contributed by atoms with Crippen LogP contribution in [-0.2, 0) is 17.8 Å². The number of aliphatic hydroxyl groups is 1. The summed E-state index contributed by atoms with van der Waals surface area (Å²) in [6.07, 6.45) is 2.43. The van der Waals surface area contributed by atoms with E-state index >= 15 is 0 Å². The van der Waals surface area contributed by atoms with Gasteiger partial charge in [-0.25, -0.2) is 4.98 Å². The molecule has 3 aromatic rings. The first-order chi connectivity index (χ1) is 19.2. The molecule has 0 spiro atoms. The van der Waals surface area contributed by atoms with Gasteiger partial charge in [-0.3, -0.25) is 14.4 Å². The summed E-state index contributed by atoms with van der Waals surface area (Å²) in [6, 6.07) is 6.34. The molecule has 0 unspecified atom stereocenters. The molecular formula is C28H34Cl2N6O4S. The van der Waals surface area contributed by atoms with Gasteiger partial charge in [0, 0.05) is 65.4 Å². The van der Waals surface area contributed by atoms with E-state index in [2.05, 4.69) is 32.5 Å². The largest absolute Gasteiger partial charge is 0.391 e. The lowest BCUT2D eigenvalue weighted by atomic mass is 9.81. The molecule has 10 nitrogen and oxygen atoms in total. The van der Waals surface area contributed by atoms with Crippen molar-refractivity contribution in [2.24, 2.45) is 5.92 Å². The number of benzene rings is 1. The van der Waals surface area contributed by atoms with Crippen LogP contribution < -0.4 is 10.6 Å². The van der Waals surface area contributed by atoms with Crippen molar-refractivity contribution in [3.05, 3.63) is 50.6 Å². The maximum atomic E-state index is 13.4. The number of aromatic nitrogens is 2. The van der Waals surface area contributed by atoms with Crippen molar-refractivity contribution in [3.63, 3.8) is 0 Å². The van der Waals surface area contributed by atoms with Gasteiger partial charge in [-0.1, -0.05) is 11.6 Å². The highest BCUT2D eigenvalue weighted by molar-refractivity contribution is 7.13. The maximum Gasteiger partial charge on any atom is 0.280 e. The van der Waals surface area contributed by atoms with Crippen LogP contribution in [-0.4, -0.2) is 87.5 Å². The predicted octanol–water partition coefficient (Wildman–Crippen LogP) is 2.98. The summed E-state index contributed by atoms with van der Waals surface area (Å²) in [7, 11) is 2.05. The Bertz CT molecular complexity index is 1460. The molecule has 1 saturated heterocycles. The highest BCUT2D eigenvalue weighted by Gasteiger charge is 2.39. The summed E-state index contributed by atoms with van der Waals surface area (Å²) in [5.74, 6) is -0.856. The summed E-state index contributed by atoms with van der Waals surface area (Å²) < 4.78 is 0. The number of thiazole rings is 1. The summed E-state index contributed by atoms with van der Waals surface area (Å²) in [5, 5.41) is 18.0. The van der Waals surface area contributed by atoms with E-state index in [-0.39, 0.29) is 42.1 Å². The van der Waals surface area contributed by atoms with Gasteiger partial charge in [0.2, 0.25) is 5.91 Å². The molecule has 0 radical (unpaired) electrons. The Labute approximate surface area is 253 Å². The van der Waals surface area contributed by atoms with Gasteiger partial charge >= 0.3 is 0 Å². The number of fused-ring (bicyclic) bond motifs is 2. The number of aliphatic hydroxyl groups excluding tert-OH is 1. The number of nitrogens with one attached hydrogen (secondary N) is 3. The van der Waals surface area contributed by atoms with Gasteiger partial charge in [0.25, 0.3) is 11.8 Å². The fourth-order valence-corrected chi connectivity index (χ4v) is 7.32. The molecule has 3 amide bonds. The Morgan fingerprint density at radius 1 is 1.10 bits per heavy atom. The number of hydrogen-bond donors (Lipinski definition) is 4. The van der Waals surface area contributed by atoms with Crippen LogP contribution in [0.25, 0.3) is 10.9 Å². The van der Waals surface area contributed by atoms with E-state index < -0.39 is 12.1 Å². The fraction of sp³-hybridized carbons (Fsp3) is 0.500. The number of H-pyrrole nitrogens is 1. The molecule has 1 saturated carbocycles. The predicted molar refractivity (Wildman–Crippen MR) is 160 cm³/mol. The van der Waals surface area contributed by atoms with Gasteiger partial charge in [0.1, 0.15) is 5.69 Å². The Balaban J connectivity index is 0.00000337. The van der Waals surface area contributed by atoms with Crippen molar-refractivity contribution in [3.8, 4) is 0 Å². The van der Waals surface area contributed by atoms with Gasteiger partial charge in [-0.15, -0.1) is 23.7 Å². The van der Waals surface area contributed by atoms with Crippen molar-refractivity contribution >= 4 is 64.0 Å². The van der Waals surface area contributed by atoms with Crippen LogP contribution in [0.5, 0.6) is 0 Å². The van der Waals surface area contributed by atoms with Crippen LogP contribution in [0, 0.1) is 5.92 Å². The van der Waals surface area contributed by atoms with Gasteiger partial charge in [-0.05, 0) is 57.0 Å². The molecule has 2 fully saturated rings. The van der Waals surface area contributed by atoms with E-state index in [0.29, 0.717) is 54.5 Å². The third-order valence-electron chi connectivity index (χ3n) is 8.25. The Kier molecular flexibility index (Phi) is 8.91. The van der Waals surface area contributed by atoms with Gasteiger partial charge in [0.05, 0.1) is 17.8 Å². The molecule has 13 heteroatoms. The molecule has 2 aromatic heterocycles. The minimum atomic E-state index is -0.490. The molecule has 2 aliphatic heterocycles. The second-order valence-corrected chi connectivity index (χ2v) is 12.7. The zero-order valence-corrected chi connectivity index (χ0v) is 25.1. The van der Waals surface area contributed by atoms with E-state index in [4.69, 9.17) is 11.6 Å². The minimum Gasteiger partial charge on any atom is -0.391 e. The Morgan fingerprint density at radius 3 is 2.68 bits per heavy atom. The standard InChI is InChI=1S/C28H33ClN6O4S.ClH/c1-34-8-7-21-24(14-34)40-27(33-21)26(38)32-22-11-15(28(39)35-9-6-18(36)13-35)2-4-20(22)31-25(37)23-12-16-10-17(29)3-5-19(16)30-23;/h3,5,10,12,15,18,20,22,30,36H,2,4,6-9,11,13-14H2,1H3,(H,31,37)(H,32,38);1H/t15-,18+,20-,22+;/m0./s1. The quantitative estimate of drug-likeness (QED) is 0.347. The minimum absolute atomic E-state index is 0. The molecular weight excluding hydrogens is 587 g/mol. The number of aromatic amines is 1. The first-order valence-corrected chi connectivity index (χ1v) is 15.0. The van der Waals surface area contributed by atoms with Gasteiger partial charge in [0.15, 0.2) is 5.01 Å². The van der Waals surface area contributed by atoms with Crippen LogP contribution in [0.3, 0.4) is 0 Å². The smallest absolute Gasteiger partial charge is 0.280 e. The first-order valence-electron chi connectivity index (χ1n) is 13.8. The van der Waals surface area contributed by atoms with Crippen molar-refractivity contribution in [1.82, 2.24) is 30.4 Å². The Hall–Kier alpha value is -2.70. The average molecular weight is 622 g/mol. The summed E-state index contributed by atoms with van der Waals surface area (Å²) in [4.78, 5) is 52.7. The number of amides is 3. The van der Waals surface area contributed by atoms with Crippen LogP contribution in [0.4, 0.5) is 0 Å². The Morgan fingerprint density at radius 2 is 1.90 bits per heavy atom. The highest BCUT2D eigenvalue weighted by atomic mass is 35.5. The number of carbonyl (C=O) groups excluding carboxylic acids is 3. The number of nitrogens with zero attached hydrogens (tertiary/aromatic N) is 3. The summed E-state index contributed by atoms with van der Waals surface area (Å²) in [6.45, 7) is 2.56. The molecule has 4 N–H and O–H groups in total. The van der Waals surface area contributed by atoms with Crippen molar-refractivity contribution < 1.29 is 19.5 Å². The molecule has 4 atom stereocenters. The number of hydrogen-bond acceptors (Lipinski definition) is 7. The monoisotopic (exact) mass is 620 g/mol. The molecule has 6 rings (SSSR count). The average Bonchev–Trinajstić information content (AvgIpc) is 3.66. The number of likely N-dealkylation sites (N-methyl/N-ethyl adjacent to an activating group) is 1. The second kappa shape index (κ2) is 12.3. The third-order valence-corrected chi connectivity index (χ3v) is 9.57. The molecule has 0 bridgehead atoms. The maximum absolute atomic E-state index is 13.4. The number of likely N-dealkylation sites (tertiary alicyclic amines) is 1. The normalized spacial score (nSPS) is 24.5. The lowest BCUT2D eigenvalue weighted by Gasteiger charge is -2.37. The summed E-state index contributed by atoms with van der Waals surface area (Å²) >= 11 is 7.52. The highest BCUT2D eigenvalue weighted by Crippen LogP contribution is 2.30. The molecule has 41 heavy (non-hydrogen) atoms. The van der Waals surface area contributed by atoms with Crippen LogP contribution in [0.1, 0.15) is 56.5 Å². The number of β-amino-alcohol motifs (C(OH)–C–C–N with tert-alkyl or cyclic N) is 1. The lowest BCUT2D eigenvalue weighted by molar-refractivity contribution is -0.136. The number of carbonyl (C=O) groups is 3. The van der Waals surface area contributed by atoms with E-state index in [0.717, 1.165) is 41.0 Å². The van der Waals surface area contributed by atoms with E-state index in [1.165, 1.54) is 11.3 Å². The zero-order chi connectivity index (χ0) is 28.0. The van der Waals surface area contributed by atoms with Crippen molar-refractivity contribution in [2.75, 3.05) is 26.7 Å². The summed E-state index contributed by atoms with van der Waals surface area (Å²) in [5.41, 5.74) is 2.18. The SMILES string of the molecule is CN1CCc2nc(C(=O)N[C@@H]3C[C@@H](C(=O)N4CC[C@@H](O)C4)CC[C@@H]3NC(=O)c3cc4cc(Cl)ccc4[nH]3)sc2C1.Cl. The van der Waals surface area contributed by atoms with Gasteiger partial charge in [-0.2, -0.15) is 0 Å². The van der Waals surface area contributed by atoms with E-state index in [1.54, 1.807) is 23.1 Å². The topological polar surface area (TPSA) is 131 Å². The van der Waals surface area contributed by atoms with Gasteiger partial charge < -0.3 is 30.5 Å². The molecule has 1 aliphatic carbocycles. The second-order valence-electron chi connectivity index (χ2n) is 11.2. The van der Waals surface area contributed by atoms with Crippen LogP contribution >= 0.6 is 35.3 Å². The molecule has 4 heterocycles. The van der Waals surface area contributed by atoms with Crippen LogP contribution in [0.2, 0.25) is 5.02 Å². The molecule has 1 aromatic carbocycles. The first kappa shape index (κ1) is 29.8. The lowest BCUT2D eigenvalue weighted by Crippen LogP contribution is -2.56. The molecule has 3 aliphatic rings. The third kappa shape index (κ3) is 6.39. The number of rotatable bonds is 5. The van der Waals surface area contributed by atoms with E-state index in [9.17, 15) is 19.5 Å². The van der Waals surface area contributed by atoms with Crippen molar-refractivity contribution in [2.45, 2.75) is 56.8 Å². The van der Waals surface area contributed by atoms with Crippen molar-refractivity contribution in [1.29, 1.82) is 0 Å². The zero-order valence-electron chi connectivity index (χ0n) is 22.7. The van der Waals surface area contributed by atoms with Crippen LogP contribution in [0.15, 0.2) is 24.3 Å². The fourth-order valence-electron chi connectivity index (χ4n) is 6.05. The number of halogens is 2. The van der Waals surface area contributed by atoms with E-state index in [1.807, 2.05) is 6.07 Å². The molecule has 220 valence electrons.